The SMILES string of the molecule is C#Cc1ccccc1-c1nc(Nc2n[nH]c(C)n2)c2ccccc2n1.Cc1nc(Nc2nc(-c3ccccc3C(C)C)nc3ccccc23)n[nH]1.Cc1nc(Nc2nc(-c3ccccc3C(C)C)nc3ccccc23)n[nH]1.Cc1nc(Nc2nc(-c3ccccc3C(N)=O)nc3ccccc23)n[nH]1.Cc1nc(Nc2nc(-c3ccccc3C3CC3)nc3ccccc23)n[nH]1. The molecule has 0 aliphatic heterocycles. The predicted molar refractivity (Wildman–Crippen MR) is 503 cm³/mol. The number of nitrogens with one attached hydrogen (secondary N) is 10. The van der Waals surface area contributed by atoms with E-state index in [1.54, 1.807) is 18.2 Å². The van der Waals surface area contributed by atoms with Crippen LogP contribution < -0.4 is 32.3 Å². The van der Waals surface area contributed by atoms with Crippen LogP contribution in [0.3, 0.4) is 0 Å². The minimum absolute atomic E-state index is 0.363. The Morgan fingerprint density at radius 2 is 0.574 bits per heavy atom. The van der Waals surface area contributed by atoms with Gasteiger partial charge in [-0.1, -0.05) is 197 Å². The maximum Gasteiger partial charge on any atom is 0.249 e. The number of nitrogens with two attached hydrogens (primary N) is 1. The Morgan fingerprint density at radius 1 is 0.318 bits per heavy atom. The number of hydrogen-bond donors (Lipinski definition) is 11. The second-order valence-electron chi connectivity index (χ2n) is 30.9. The largest absolute Gasteiger partial charge is 0.366 e. The monoisotopic (exact) mass is 1700 g/mol. The summed E-state index contributed by atoms with van der Waals surface area (Å²) in [6.07, 6.45) is 8.10. The number of fused-ring (bicyclic) bond motifs is 5. The highest BCUT2D eigenvalue weighted by Crippen LogP contribution is 2.45. The summed E-state index contributed by atoms with van der Waals surface area (Å²) in [5.41, 5.74) is 19.2. The third-order valence-electron chi connectivity index (χ3n) is 20.8. The summed E-state index contributed by atoms with van der Waals surface area (Å²) >= 11 is 0. The number of para-hydroxylation sites is 5. The van der Waals surface area contributed by atoms with Crippen molar-refractivity contribution in [3.05, 3.63) is 300 Å². The number of amides is 1. The average Bonchev–Trinajstić information content (AvgIpc) is 1.74. The van der Waals surface area contributed by atoms with Crippen molar-refractivity contribution in [3.8, 4) is 69.3 Å². The molecule has 129 heavy (non-hydrogen) atoms. The lowest BCUT2D eigenvalue weighted by Gasteiger charge is -2.13. The van der Waals surface area contributed by atoms with Crippen molar-refractivity contribution in [1.82, 2.24) is 126 Å². The van der Waals surface area contributed by atoms with Crippen LogP contribution in [0.4, 0.5) is 58.8 Å². The predicted octanol–water partition coefficient (Wildman–Crippen LogP) is 19.5. The summed E-state index contributed by atoms with van der Waals surface area (Å²) in [5.74, 6) is 15.9. The molecule has 10 aromatic carbocycles. The molecule has 1 aliphatic carbocycles. The van der Waals surface area contributed by atoms with Gasteiger partial charge in [0.2, 0.25) is 35.6 Å². The molecule has 21 rings (SSSR count). The Bertz CT molecular complexity index is 7100. The molecule has 0 spiro atoms. The van der Waals surface area contributed by atoms with E-state index in [4.69, 9.17) is 42.1 Å². The molecule has 10 aromatic heterocycles. The Hall–Kier alpha value is -17.4. The van der Waals surface area contributed by atoms with E-state index in [9.17, 15) is 4.79 Å². The fraction of sp³-hybridized carbons (Fsp3) is 0.144. The van der Waals surface area contributed by atoms with Crippen LogP contribution in [0.5, 0.6) is 0 Å². The van der Waals surface area contributed by atoms with Crippen LogP contribution in [0, 0.1) is 47.0 Å². The summed E-state index contributed by atoms with van der Waals surface area (Å²) in [5, 5.41) is 55.3. The number of aromatic nitrogens is 25. The Morgan fingerprint density at radius 3 is 0.876 bits per heavy atom. The van der Waals surface area contributed by atoms with Gasteiger partial charge in [-0.3, -0.25) is 30.3 Å². The molecule has 32 nitrogen and oxygen atoms in total. The van der Waals surface area contributed by atoms with E-state index in [2.05, 4.69) is 211 Å². The first-order valence-electron chi connectivity index (χ1n) is 41.7. The van der Waals surface area contributed by atoms with E-state index in [0.717, 1.165) is 117 Å². The lowest BCUT2D eigenvalue weighted by molar-refractivity contribution is 0.100. The summed E-state index contributed by atoms with van der Waals surface area (Å²) in [6.45, 7) is 17.9. The molecule has 20 aromatic rings. The van der Waals surface area contributed by atoms with Crippen molar-refractivity contribution in [3.63, 3.8) is 0 Å². The zero-order valence-electron chi connectivity index (χ0n) is 71.7. The highest BCUT2D eigenvalue weighted by atomic mass is 16.1. The van der Waals surface area contributed by atoms with Crippen molar-refractivity contribution in [2.45, 2.75) is 92.9 Å². The van der Waals surface area contributed by atoms with E-state index in [1.165, 1.54) is 29.5 Å². The first-order chi connectivity index (χ1) is 62.9. The fourth-order valence-electron chi connectivity index (χ4n) is 14.5. The second kappa shape index (κ2) is 37.8. The van der Waals surface area contributed by atoms with Crippen molar-refractivity contribution in [2.75, 3.05) is 26.6 Å². The fourth-order valence-corrected chi connectivity index (χ4v) is 14.5. The van der Waals surface area contributed by atoms with Gasteiger partial charge in [0.1, 0.15) is 58.2 Å². The molecule has 0 unspecified atom stereocenters. The van der Waals surface area contributed by atoms with Gasteiger partial charge in [0.05, 0.1) is 33.1 Å². The minimum atomic E-state index is -0.531. The number of rotatable bonds is 19. The van der Waals surface area contributed by atoms with Gasteiger partial charge in [-0.05, 0) is 161 Å². The Kier molecular flexibility index (Phi) is 24.6. The minimum Gasteiger partial charge on any atom is -0.366 e. The number of terminal acetylenes is 1. The van der Waals surface area contributed by atoms with Crippen molar-refractivity contribution in [2.24, 2.45) is 5.73 Å². The van der Waals surface area contributed by atoms with Crippen molar-refractivity contribution >= 4 is 119 Å². The van der Waals surface area contributed by atoms with Crippen molar-refractivity contribution in [1.29, 1.82) is 0 Å². The van der Waals surface area contributed by atoms with E-state index in [1.807, 2.05) is 204 Å². The van der Waals surface area contributed by atoms with Gasteiger partial charge in [0, 0.05) is 60.3 Å². The molecular formula is C97H87N31O. The number of aryl methyl sites for hydroxylation is 5. The molecule has 1 saturated carbocycles. The van der Waals surface area contributed by atoms with Crippen LogP contribution in [-0.4, -0.2) is 132 Å². The maximum absolute atomic E-state index is 11.8. The van der Waals surface area contributed by atoms with Crippen LogP contribution in [0.1, 0.15) is 120 Å². The lowest BCUT2D eigenvalue weighted by Crippen LogP contribution is -2.13. The third kappa shape index (κ3) is 19.5. The number of hydrogen-bond acceptors (Lipinski definition) is 26. The summed E-state index contributed by atoms with van der Waals surface area (Å²) in [6, 6.07) is 78.8. The third-order valence-corrected chi connectivity index (χ3v) is 20.8. The summed E-state index contributed by atoms with van der Waals surface area (Å²) < 4.78 is 0. The molecule has 0 radical (unpaired) electrons. The molecule has 0 bridgehead atoms. The number of benzene rings is 10. The molecular weight excluding hydrogens is 1620 g/mol. The molecule has 0 saturated heterocycles. The smallest absolute Gasteiger partial charge is 0.249 e. The Labute approximate surface area is 739 Å². The number of anilines is 10. The highest BCUT2D eigenvalue weighted by molar-refractivity contribution is 6.01. The first-order valence-corrected chi connectivity index (χ1v) is 41.7. The molecule has 1 amide bonds. The molecule has 12 N–H and O–H groups in total. The number of carbonyl (C=O) groups is 1. The first kappa shape index (κ1) is 83.9. The topological polar surface area (TPSA) is 440 Å². The van der Waals surface area contributed by atoms with E-state index >= 15 is 0 Å². The van der Waals surface area contributed by atoms with Gasteiger partial charge in [-0.15, -0.1) is 31.9 Å². The quantitative estimate of drug-likeness (QED) is 0.0335. The second-order valence-corrected chi connectivity index (χ2v) is 30.9. The highest BCUT2D eigenvalue weighted by Gasteiger charge is 2.28. The maximum atomic E-state index is 11.8. The number of primary amides is 1. The molecule has 10 heterocycles. The number of nitrogens with zero attached hydrogens (tertiary/aromatic N) is 20. The average molecular weight is 1700 g/mol. The molecule has 636 valence electrons. The molecule has 1 aliphatic rings. The summed E-state index contributed by atoms with van der Waals surface area (Å²) in [4.78, 5) is 80.6. The number of H-pyrrole nitrogens is 5. The van der Waals surface area contributed by atoms with Crippen LogP contribution in [0.15, 0.2) is 243 Å². The van der Waals surface area contributed by atoms with Crippen LogP contribution in [0.25, 0.3) is 111 Å². The van der Waals surface area contributed by atoms with Gasteiger partial charge in [-0.2, -0.15) is 24.9 Å². The van der Waals surface area contributed by atoms with Crippen LogP contribution in [0.2, 0.25) is 0 Å². The zero-order chi connectivity index (χ0) is 89.0. The van der Waals surface area contributed by atoms with Gasteiger partial charge < -0.3 is 32.3 Å². The molecule has 32 heteroatoms. The molecule has 1 fully saturated rings. The van der Waals surface area contributed by atoms with Gasteiger partial charge in [-0.25, -0.2) is 49.8 Å². The Balaban J connectivity index is 0.000000113. The normalized spacial score (nSPS) is 11.6. The van der Waals surface area contributed by atoms with Crippen LogP contribution >= 0.6 is 0 Å². The van der Waals surface area contributed by atoms with Crippen LogP contribution in [-0.2, 0) is 0 Å². The van der Waals surface area contributed by atoms with E-state index < -0.39 is 5.91 Å². The van der Waals surface area contributed by atoms with Gasteiger partial charge in [0.25, 0.3) is 0 Å². The van der Waals surface area contributed by atoms with Gasteiger partial charge >= 0.3 is 0 Å². The number of aromatic amines is 5. The summed E-state index contributed by atoms with van der Waals surface area (Å²) in [7, 11) is 0. The standard InChI is InChI=1S/C20H18N6.2C20H20N6.C19H14N6.C18H15N7O/c1-12-21-20(26-25-12)24-19-16-8-4-5-9-17(16)22-18(23-19)15-7-3-2-6-14(15)13-10-11-13;2*1-12(2)14-8-4-5-9-15(14)18-22-17-11-7-6-10-16(17)19(23-18)24-20-21-13(3)25-26-20;1-3-13-8-4-5-9-14(13)17-21-16-11-7-6-10-15(16)18(22-17)23-19-20-12(2)24-25-19;1-10-20-18(25-24-10)23-17-13-8-4-5-9-14(13)21-16(22-17)12-7-3-2-6-11(12)15(19)26/h2-9,13H,10-11H2,1H3,(H2,21,22,23,24,25,26);2*4-12H,1-3H3,(H2,21,22,23,24,25,26);1,4-11H,2H3,(H2,20,21,22,23,24,25);2-9H,1H3,(H2,19,26)(H2,20,21,22,23,24,25). The molecule has 0 atom stereocenters. The van der Waals surface area contributed by atoms with Crippen molar-refractivity contribution < 1.29 is 4.79 Å². The van der Waals surface area contributed by atoms with E-state index in [-0.39, 0.29) is 0 Å². The lowest BCUT2D eigenvalue weighted by atomic mass is 9.97. The van der Waals surface area contributed by atoms with E-state index in [0.29, 0.717) is 111 Å². The number of carbonyl (C=O) groups excluding carboxylic acids is 1. The van der Waals surface area contributed by atoms with Gasteiger partial charge in [0.15, 0.2) is 29.1 Å². The zero-order valence-corrected chi connectivity index (χ0v) is 71.7.